The molecule has 0 saturated heterocycles. The van der Waals surface area contributed by atoms with Gasteiger partial charge in [0, 0.05) is 22.7 Å². The van der Waals surface area contributed by atoms with E-state index in [0.717, 1.165) is 12.3 Å². The molecule has 1 aromatic rings. The number of benzene rings is 1. The molecule has 0 bridgehead atoms. The van der Waals surface area contributed by atoms with E-state index >= 15 is 0 Å². The highest BCUT2D eigenvalue weighted by atomic mass is 35.5. The van der Waals surface area contributed by atoms with E-state index in [0.29, 0.717) is 0 Å². The molecular formula is C15H16ClFN2O5S. The molecule has 25 heavy (non-hydrogen) atoms. The first-order valence-corrected chi connectivity index (χ1v) is 9.44. The monoisotopic (exact) mass is 390 g/mol. The predicted molar refractivity (Wildman–Crippen MR) is 90.0 cm³/mol. The average Bonchev–Trinajstić information content (AvgIpc) is 2.52. The summed E-state index contributed by atoms with van der Waals surface area (Å²) in [6.45, 7) is 1.77. The number of halogens is 2. The second kappa shape index (κ2) is 7.94. The quantitative estimate of drug-likeness (QED) is 0.591. The summed E-state index contributed by atoms with van der Waals surface area (Å²) in [5, 5.41) is 0.223. The summed E-state index contributed by atoms with van der Waals surface area (Å²) in [7, 11) is -3.77. The number of hydrogen-bond acceptors (Lipinski definition) is 7. The maximum Gasteiger partial charge on any atom is 0.356 e. The van der Waals surface area contributed by atoms with Gasteiger partial charge in [0.1, 0.15) is 11.5 Å². The summed E-state index contributed by atoms with van der Waals surface area (Å²) in [6.07, 6.45) is 2.25. The van der Waals surface area contributed by atoms with Gasteiger partial charge in [0.2, 0.25) is 0 Å². The molecule has 0 aliphatic carbocycles. The van der Waals surface area contributed by atoms with Crippen LogP contribution < -0.4 is 5.48 Å². The van der Waals surface area contributed by atoms with Crippen LogP contribution in [0.15, 0.2) is 35.0 Å². The van der Waals surface area contributed by atoms with Crippen LogP contribution in [0.25, 0.3) is 0 Å². The van der Waals surface area contributed by atoms with Gasteiger partial charge in [0.05, 0.1) is 18.9 Å². The third-order valence-corrected chi connectivity index (χ3v) is 3.77. The smallest absolute Gasteiger partial charge is 0.356 e. The summed E-state index contributed by atoms with van der Waals surface area (Å²) in [6, 6.07) is 3.31. The van der Waals surface area contributed by atoms with Crippen LogP contribution in [0, 0.1) is 5.82 Å². The number of esters is 1. The fraction of sp³-hybridized carbons (Fsp3) is 0.333. The zero-order chi connectivity index (χ0) is 18.6. The normalized spacial score (nSPS) is 17.5. The van der Waals surface area contributed by atoms with Gasteiger partial charge in [-0.1, -0.05) is 17.7 Å². The highest BCUT2D eigenvalue weighted by Crippen LogP contribution is 2.31. The van der Waals surface area contributed by atoms with Crippen molar-refractivity contribution in [3.8, 4) is 0 Å². The lowest BCUT2D eigenvalue weighted by Crippen LogP contribution is -2.27. The number of ether oxygens (including phenoxy) is 1. The Morgan fingerprint density at radius 3 is 2.80 bits per heavy atom. The fourth-order valence-electron chi connectivity index (χ4n) is 2.15. The molecule has 0 saturated carbocycles. The van der Waals surface area contributed by atoms with Gasteiger partial charge in [0.25, 0.3) is 10.1 Å². The number of carbonyl (C=O) groups excluding carboxylic acids is 1. The molecule has 0 radical (unpaired) electrons. The molecular weight excluding hydrogens is 375 g/mol. The van der Waals surface area contributed by atoms with Crippen molar-refractivity contribution < 1.29 is 26.6 Å². The number of nitrogens with one attached hydrogen (secondary N) is 1. The molecule has 1 aliphatic rings. The number of hydrogen-bond donors (Lipinski definition) is 1. The van der Waals surface area contributed by atoms with Crippen LogP contribution >= 0.6 is 11.6 Å². The van der Waals surface area contributed by atoms with Crippen molar-refractivity contribution in [1.29, 1.82) is 0 Å². The number of aliphatic imine (C=N–C) groups is 1. The van der Waals surface area contributed by atoms with Crippen molar-refractivity contribution in [2.75, 3.05) is 12.9 Å². The maximum absolute atomic E-state index is 14.2. The SMILES string of the molecule is CCOC(=O)C1=NC(c2ccc(Cl)cc2F)CC(NOS(C)(=O)=O)=C1. The van der Waals surface area contributed by atoms with Crippen LogP contribution in [0.5, 0.6) is 0 Å². The molecule has 1 aliphatic heterocycles. The molecule has 0 fully saturated rings. The third kappa shape index (κ3) is 5.52. The van der Waals surface area contributed by atoms with Gasteiger partial charge in [-0.25, -0.2) is 9.18 Å². The molecule has 2 rings (SSSR count). The van der Waals surface area contributed by atoms with Crippen molar-refractivity contribution in [2.45, 2.75) is 19.4 Å². The summed E-state index contributed by atoms with van der Waals surface area (Å²) in [5.41, 5.74) is 2.62. The zero-order valence-corrected chi connectivity index (χ0v) is 15.0. The minimum atomic E-state index is -3.77. The van der Waals surface area contributed by atoms with Crippen molar-refractivity contribution >= 4 is 33.4 Å². The summed E-state index contributed by atoms with van der Waals surface area (Å²) >= 11 is 5.74. The van der Waals surface area contributed by atoms with E-state index in [4.69, 9.17) is 16.3 Å². The van der Waals surface area contributed by atoms with Crippen LogP contribution in [0.4, 0.5) is 4.39 Å². The molecule has 1 unspecified atom stereocenters. The first-order chi connectivity index (χ1) is 11.7. The van der Waals surface area contributed by atoms with Gasteiger partial charge in [0.15, 0.2) is 0 Å². The molecule has 0 amide bonds. The first kappa shape index (κ1) is 19.4. The number of dihydropyridines is 1. The van der Waals surface area contributed by atoms with Gasteiger partial charge < -0.3 is 4.74 Å². The van der Waals surface area contributed by atoms with Gasteiger partial charge in [-0.3, -0.25) is 10.5 Å². The van der Waals surface area contributed by atoms with Gasteiger partial charge >= 0.3 is 5.97 Å². The number of carbonyl (C=O) groups is 1. The molecule has 0 aromatic heterocycles. The third-order valence-electron chi connectivity index (χ3n) is 3.15. The Balaban J connectivity index is 2.34. The number of hydroxylamine groups is 1. The molecule has 7 nitrogen and oxygen atoms in total. The first-order valence-electron chi connectivity index (χ1n) is 7.24. The van der Waals surface area contributed by atoms with E-state index in [1.807, 2.05) is 0 Å². The van der Waals surface area contributed by atoms with Crippen molar-refractivity contribution in [2.24, 2.45) is 4.99 Å². The van der Waals surface area contributed by atoms with E-state index in [1.165, 1.54) is 18.2 Å². The molecule has 136 valence electrons. The Bertz CT molecular complexity index is 838. The molecule has 1 aromatic carbocycles. The largest absolute Gasteiger partial charge is 0.461 e. The maximum atomic E-state index is 14.2. The minimum absolute atomic E-state index is 0.0768. The van der Waals surface area contributed by atoms with Crippen LogP contribution in [-0.4, -0.2) is 33.0 Å². The Labute approximate surface area is 149 Å². The second-order valence-corrected chi connectivity index (χ2v) is 7.19. The molecule has 0 spiro atoms. The molecule has 10 heteroatoms. The van der Waals surface area contributed by atoms with Gasteiger partial charge in [-0.2, -0.15) is 12.7 Å². The van der Waals surface area contributed by atoms with Crippen molar-refractivity contribution in [3.05, 3.63) is 46.4 Å². The minimum Gasteiger partial charge on any atom is -0.461 e. The van der Waals surface area contributed by atoms with Crippen molar-refractivity contribution in [1.82, 2.24) is 5.48 Å². The number of nitrogens with zero attached hydrogens (tertiary/aromatic N) is 1. The van der Waals surface area contributed by atoms with Crippen LogP contribution in [-0.2, 0) is 23.9 Å². The van der Waals surface area contributed by atoms with Gasteiger partial charge in [-0.05, 0) is 25.1 Å². The fourth-order valence-corrected chi connectivity index (χ4v) is 2.57. The summed E-state index contributed by atoms with van der Waals surface area (Å²) < 4.78 is 45.8. The average molecular weight is 391 g/mol. The Morgan fingerprint density at radius 1 is 1.48 bits per heavy atom. The van der Waals surface area contributed by atoms with E-state index in [-0.39, 0.29) is 35.0 Å². The Hall–Kier alpha value is -1.97. The predicted octanol–water partition coefficient (Wildman–Crippen LogP) is 2.29. The van der Waals surface area contributed by atoms with Crippen LogP contribution in [0.1, 0.15) is 24.9 Å². The van der Waals surface area contributed by atoms with E-state index in [2.05, 4.69) is 14.8 Å². The highest BCUT2D eigenvalue weighted by molar-refractivity contribution is 7.85. The summed E-state index contributed by atoms with van der Waals surface area (Å²) in [4.78, 5) is 16.2. The van der Waals surface area contributed by atoms with E-state index < -0.39 is 27.9 Å². The van der Waals surface area contributed by atoms with Crippen LogP contribution in [0.3, 0.4) is 0 Å². The topological polar surface area (TPSA) is 94.1 Å². The standard InChI is InChI=1S/C15H16ClFN2O5S/c1-3-23-15(20)14-8-10(19-24-25(2,21)22)7-13(18-14)11-5-4-9(16)6-12(11)17/h4-6,8,13,19H,3,7H2,1-2H3. The molecule has 1 atom stereocenters. The molecule has 1 heterocycles. The van der Waals surface area contributed by atoms with E-state index in [9.17, 15) is 17.6 Å². The summed E-state index contributed by atoms with van der Waals surface area (Å²) in [5.74, 6) is -1.30. The number of rotatable bonds is 6. The van der Waals surface area contributed by atoms with E-state index in [1.54, 1.807) is 6.92 Å². The Morgan fingerprint density at radius 2 is 2.20 bits per heavy atom. The lowest BCUT2D eigenvalue weighted by Gasteiger charge is -2.21. The van der Waals surface area contributed by atoms with Crippen LogP contribution in [0.2, 0.25) is 5.02 Å². The lowest BCUT2D eigenvalue weighted by molar-refractivity contribution is -0.134. The second-order valence-electron chi connectivity index (χ2n) is 5.18. The lowest BCUT2D eigenvalue weighted by atomic mass is 9.98. The van der Waals surface area contributed by atoms with Gasteiger partial charge in [-0.15, -0.1) is 0 Å². The Kier molecular flexibility index (Phi) is 6.15. The highest BCUT2D eigenvalue weighted by Gasteiger charge is 2.25. The molecule has 1 N–H and O–H groups in total. The zero-order valence-electron chi connectivity index (χ0n) is 13.5. The van der Waals surface area contributed by atoms with Crippen molar-refractivity contribution in [3.63, 3.8) is 0 Å².